The van der Waals surface area contributed by atoms with Gasteiger partial charge in [0.05, 0.1) is 16.3 Å². The van der Waals surface area contributed by atoms with Crippen molar-refractivity contribution in [3.8, 4) is 11.6 Å². The highest BCUT2D eigenvalue weighted by atomic mass is 35.5. The molecule has 3 rings (SSSR count). The highest BCUT2D eigenvalue weighted by Crippen LogP contribution is 2.37. The van der Waals surface area contributed by atoms with Crippen molar-refractivity contribution in [1.82, 2.24) is 9.97 Å². The molecule has 2 heterocycles. The van der Waals surface area contributed by atoms with Gasteiger partial charge in [0.25, 0.3) is 5.91 Å². The minimum absolute atomic E-state index is 0.0173. The molecule has 0 fully saturated rings. The fourth-order valence-electron chi connectivity index (χ4n) is 3.01. The van der Waals surface area contributed by atoms with Gasteiger partial charge in [-0.2, -0.15) is 13.2 Å². The third kappa shape index (κ3) is 5.40. The molecular formula is C22H17ClF3N3O4. The van der Waals surface area contributed by atoms with E-state index in [1.54, 1.807) is 13.8 Å². The summed E-state index contributed by atoms with van der Waals surface area (Å²) in [6.45, 7) is 3.35. The Morgan fingerprint density at radius 3 is 2.42 bits per heavy atom. The maximum Gasteiger partial charge on any atom is 0.421 e. The first-order valence-corrected chi connectivity index (χ1v) is 9.89. The summed E-state index contributed by atoms with van der Waals surface area (Å²) in [5.41, 5.74) is -1.41. The van der Waals surface area contributed by atoms with E-state index in [1.165, 1.54) is 35.4 Å². The number of hydrogen-bond acceptors (Lipinski definition) is 5. The molecule has 1 aromatic carbocycles. The number of benzene rings is 1. The summed E-state index contributed by atoms with van der Waals surface area (Å²) in [7, 11) is 0. The average Bonchev–Trinajstić information content (AvgIpc) is 2.74. The van der Waals surface area contributed by atoms with Crippen molar-refractivity contribution in [3.63, 3.8) is 0 Å². The van der Waals surface area contributed by atoms with Gasteiger partial charge in [-0.05, 0) is 56.3 Å². The first kappa shape index (κ1) is 24.0. The van der Waals surface area contributed by atoms with Gasteiger partial charge < -0.3 is 14.7 Å². The molecule has 172 valence electrons. The Kier molecular flexibility index (Phi) is 6.87. The summed E-state index contributed by atoms with van der Waals surface area (Å²) in [5.74, 6) is -2.91. The molecule has 3 aromatic rings. The molecule has 0 saturated carbocycles. The number of nitrogens with zero attached hydrogens (tertiary/aromatic N) is 3. The Hall–Kier alpha value is -3.66. The normalized spacial score (nSPS) is 11.4. The van der Waals surface area contributed by atoms with Crippen LogP contribution in [0.1, 0.15) is 40.3 Å². The lowest BCUT2D eigenvalue weighted by atomic mass is 10.1. The number of anilines is 1. The van der Waals surface area contributed by atoms with Gasteiger partial charge >= 0.3 is 12.1 Å². The molecule has 0 saturated heterocycles. The number of carbonyl (C=O) groups is 2. The van der Waals surface area contributed by atoms with Crippen molar-refractivity contribution >= 4 is 29.2 Å². The number of amides is 1. The van der Waals surface area contributed by atoms with Crippen LogP contribution in [0.4, 0.5) is 18.9 Å². The average molecular weight is 480 g/mol. The lowest BCUT2D eigenvalue weighted by Gasteiger charge is -2.28. The van der Waals surface area contributed by atoms with Gasteiger partial charge in [-0.25, -0.2) is 14.8 Å². The molecule has 0 aliphatic heterocycles. The highest BCUT2D eigenvalue weighted by Gasteiger charge is 2.35. The van der Waals surface area contributed by atoms with E-state index in [9.17, 15) is 27.9 Å². The van der Waals surface area contributed by atoms with E-state index >= 15 is 0 Å². The second-order valence-electron chi connectivity index (χ2n) is 7.07. The monoisotopic (exact) mass is 479 g/mol. The molecule has 0 spiro atoms. The minimum Gasteiger partial charge on any atom is -0.478 e. The molecule has 11 heteroatoms. The number of alkyl halides is 3. The molecule has 0 aliphatic rings. The molecule has 33 heavy (non-hydrogen) atoms. The van der Waals surface area contributed by atoms with Gasteiger partial charge in [-0.3, -0.25) is 4.79 Å². The second-order valence-corrected chi connectivity index (χ2v) is 7.51. The van der Waals surface area contributed by atoms with Crippen molar-refractivity contribution in [3.05, 3.63) is 76.7 Å². The number of carbonyl (C=O) groups excluding carboxylic acids is 1. The van der Waals surface area contributed by atoms with Gasteiger partial charge in [0.2, 0.25) is 5.88 Å². The number of halogens is 4. The molecule has 0 atom stereocenters. The largest absolute Gasteiger partial charge is 0.478 e. The Morgan fingerprint density at radius 1 is 1.12 bits per heavy atom. The fraction of sp³-hybridized carbons (Fsp3) is 0.182. The Morgan fingerprint density at radius 2 is 1.85 bits per heavy atom. The Bertz CT molecular complexity index is 1180. The number of aromatic carboxylic acids is 1. The number of carboxylic acids is 1. The summed E-state index contributed by atoms with van der Waals surface area (Å²) in [6, 6.07) is 7.87. The zero-order valence-electron chi connectivity index (χ0n) is 17.3. The van der Waals surface area contributed by atoms with E-state index in [-0.39, 0.29) is 22.7 Å². The van der Waals surface area contributed by atoms with Crippen LogP contribution < -0.4 is 9.64 Å². The van der Waals surface area contributed by atoms with E-state index in [1.807, 2.05) is 0 Å². The molecule has 0 aliphatic carbocycles. The van der Waals surface area contributed by atoms with Gasteiger partial charge in [0.15, 0.2) is 0 Å². The summed E-state index contributed by atoms with van der Waals surface area (Å²) >= 11 is 5.81. The summed E-state index contributed by atoms with van der Waals surface area (Å²) in [6.07, 6.45) is -2.31. The van der Waals surface area contributed by atoms with Crippen molar-refractivity contribution in [2.45, 2.75) is 26.1 Å². The molecule has 0 bridgehead atoms. The highest BCUT2D eigenvalue weighted by molar-refractivity contribution is 6.30. The first-order chi connectivity index (χ1) is 15.5. The van der Waals surface area contributed by atoms with Crippen LogP contribution in [0.3, 0.4) is 0 Å². The molecule has 1 N–H and O–H groups in total. The maximum atomic E-state index is 13.2. The molecule has 2 aromatic heterocycles. The SMILES string of the molecule is CC(C)N(C(=O)c1ccc(Cl)cn1)c1ccc(Oc2ncccc2C(F)(F)F)cc1C(=O)O. The van der Waals surface area contributed by atoms with Crippen LogP contribution >= 0.6 is 11.6 Å². The van der Waals surface area contributed by atoms with Crippen molar-refractivity contribution in [1.29, 1.82) is 0 Å². The predicted octanol–water partition coefficient (Wildman–Crippen LogP) is 5.69. The van der Waals surface area contributed by atoms with E-state index < -0.39 is 35.5 Å². The maximum absolute atomic E-state index is 13.2. The number of hydrogen-bond donors (Lipinski definition) is 1. The van der Waals surface area contributed by atoms with Crippen LogP contribution in [0.25, 0.3) is 0 Å². The Balaban J connectivity index is 2.03. The van der Waals surface area contributed by atoms with Crippen LogP contribution in [0.15, 0.2) is 54.9 Å². The number of pyridine rings is 2. The van der Waals surface area contributed by atoms with Crippen molar-refractivity contribution in [2.75, 3.05) is 4.90 Å². The number of carboxylic acid groups (broad SMARTS) is 1. The lowest BCUT2D eigenvalue weighted by Crippen LogP contribution is -2.38. The van der Waals surface area contributed by atoms with Gasteiger partial charge in [-0.15, -0.1) is 0 Å². The molecule has 0 radical (unpaired) electrons. The molecule has 0 unspecified atom stereocenters. The summed E-state index contributed by atoms with van der Waals surface area (Å²) in [4.78, 5) is 33.8. The minimum atomic E-state index is -4.72. The van der Waals surface area contributed by atoms with E-state index in [4.69, 9.17) is 16.3 Å². The van der Waals surface area contributed by atoms with Crippen LogP contribution in [0.5, 0.6) is 11.6 Å². The first-order valence-electron chi connectivity index (χ1n) is 9.51. The van der Waals surface area contributed by atoms with E-state index in [0.717, 1.165) is 24.4 Å². The van der Waals surface area contributed by atoms with Crippen LogP contribution in [-0.2, 0) is 6.18 Å². The molecule has 7 nitrogen and oxygen atoms in total. The third-order valence-electron chi connectivity index (χ3n) is 4.43. The van der Waals surface area contributed by atoms with E-state index in [0.29, 0.717) is 5.02 Å². The quantitative estimate of drug-likeness (QED) is 0.488. The summed E-state index contributed by atoms with van der Waals surface area (Å²) < 4.78 is 44.9. The zero-order valence-corrected chi connectivity index (χ0v) is 18.1. The van der Waals surface area contributed by atoms with Crippen molar-refractivity contribution < 1.29 is 32.6 Å². The Labute approximate surface area is 191 Å². The number of ether oxygens (including phenoxy) is 1. The smallest absolute Gasteiger partial charge is 0.421 e. The van der Waals surface area contributed by atoms with Gasteiger partial charge in [0.1, 0.15) is 17.0 Å². The second kappa shape index (κ2) is 9.45. The van der Waals surface area contributed by atoms with Crippen LogP contribution in [0, 0.1) is 0 Å². The number of rotatable bonds is 6. The van der Waals surface area contributed by atoms with Crippen LogP contribution in [0.2, 0.25) is 5.02 Å². The molecule has 1 amide bonds. The standard InChI is InChI=1S/C22H17ClF3N3O4/c1-12(2)29(20(30)17-7-5-13(23)11-28-17)18-8-6-14(10-15(18)21(31)32)33-19-16(22(24,25)26)4-3-9-27-19/h3-12H,1-2H3,(H,31,32). The van der Waals surface area contributed by atoms with Crippen molar-refractivity contribution in [2.24, 2.45) is 0 Å². The van der Waals surface area contributed by atoms with E-state index in [2.05, 4.69) is 9.97 Å². The zero-order chi connectivity index (χ0) is 24.3. The van der Waals surface area contributed by atoms with Crippen LogP contribution in [-0.4, -0.2) is 33.0 Å². The fourth-order valence-corrected chi connectivity index (χ4v) is 3.12. The predicted molar refractivity (Wildman–Crippen MR) is 114 cm³/mol. The lowest BCUT2D eigenvalue weighted by molar-refractivity contribution is -0.138. The van der Waals surface area contributed by atoms with Gasteiger partial charge in [0, 0.05) is 18.4 Å². The number of aromatic nitrogens is 2. The molecular weight excluding hydrogens is 463 g/mol. The van der Waals surface area contributed by atoms with Gasteiger partial charge in [-0.1, -0.05) is 11.6 Å². The summed E-state index contributed by atoms with van der Waals surface area (Å²) in [5, 5.41) is 10.1. The third-order valence-corrected chi connectivity index (χ3v) is 4.65. The topological polar surface area (TPSA) is 92.6 Å².